The van der Waals surface area contributed by atoms with E-state index in [1.54, 1.807) is 25.1 Å². The molecule has 5 rings (SSSR count). The number of amides is 1. The highest BCUT2D eigenvalue weighted by Crippen LogP contribution is 2.55. The summed E-state index contributed by atoms with van der Waals surface area (Å²) in [7, 11) is 0. The second-order valence-electron chi connectivity index (χ2n) is 6.61. The van der Waals surface area contributed by atoms with E-state index in [2.05, 4.69) is 16.7 Å². The molecule has 2 heterocycles. The minimum atomic E-state index is -1.41. The average molecular weight is 339 g/mol. The average Bonchev–Trinajstić information content (AvgIpc) is 3.09. The lowest BCUT2D eigenvalue weighted by atomic mass is 9.66. The molecule has 1 aliphatic carbocycles. The highest BCUT2D eigenvalue weighted by molar-refractivity contribution is 6.29. The van der Waals surface area contributed by atoms with Crippen LogP contribution in [0.25, 0.3) is 5.70 Å². The maximum Gasteiger partial charge on any atom is 0.245 e. The second-order valence-corrected chi connectivity index (χ2v) is 6.61. The van der Waals surface area contributed by atoms with Crippen molar-refractivity contribution in [3.63, 3.8) is 0 Å². The summed E-state index contributed by atoms with van der Waals surface area (Å²) in [6, 6.07) is 16.7. The number of Topliss-reactive ketones (excluding diaryl/α,β-unsaturated/α-hetero) is 1. The van der Waals surface area contributed by atoms with Crippen LogP contribution in [-0.4, -0.2) is 11.7 Å². The van der Waals surface area contributed by atoms with Gasteiger partial charge in [-0.15, -0.1) is 0 Å². The second kappa shape index (κ2) is 4.70. The van der Waals surface area contributed by atoms with Gasteiger partial charge in [-0.3, -0.25) is 9.59 Å². The highest BCUT2D eigenvalue weighted by atomic mass is 16.2. The van der Waals surface area contributed by atoms with Gasteiger partial charge >= 0.3 is 0 Å². The van der Waals surface area contributed by atoms with E-state index in [0.717, 1.165) is 5.56 Å². The Labute approximate surface area is 149 Å². The monoisotopic (exact) mass is 339 g/mol. The Bertz CT molecular complexity index is 1150. The number of benzene rings is 2. The Hall–Kier alpha value is -3.65. The molecule has 5 nitrogen and oxygen atoms in total. The molecule has 26 heavy (non-hydrogen) atoms. The molecule has 0 fully saturated rings. The first-order valence-electron chi connectivity index (χ1n) is 8.29. The summed E-state index contributed by atoms with van der Waals surface area (Å²) >= 11 is 0. The van der Waals surface area contributed by atoms with Gasteiger partial charge in [-0.05, 0) is 13.0 Å². The number of dihydropyridines is 1. The van der Waals surface area contributed by atoms with Crippen LogP contribution in [0.2, 0.25) is 0 Å². The number of allylic oxidation sites excluding steroid dienone is 1. The first-order chi connectivity index (χ1) is 12.6. The van der Waals surface area contributed by atoms with Gasteiger partial charge in [-0.25, -0.2) is 0 Å². The van der Waals surface area contributed by atoms with Crippen molar-refractivity contribution in [1.82, 2.24) is 5.32 Å². The van der Waals surface area contributed by atoms with Crippen LogP contribution in [-0.2, 0) is 10.2 Å². The predicted molar refractivity (Wildman–Crippen MR) is 95.9 cm³/mol. The zero-order valence-corrected chi connectivity index (χ0v) is 13.9. The third kappa shape index (κ3) is 1.46. The molecule has 0 aromatic heterocycles. The standard InChI is InChI=1S/C21H13N3O2/c1-11-15(10-22)21(14-8-4-5-9-16(14)24-20(21)26)17-18(23-11)12-6-2-3-7-13(12)19(17)25/h2-9,23H,1H3,(H,24,26). The Morgan fingerprint density at radius 1 is 0.962 bits per heavy atom. The fourth-order valence-electron chi connectivity index (χ4n) is 4.35. The number of nitrogens with zero attached hydrogens (tertiary/aromatic N) is 1. The largest absolute Gasteiger partial charge is 0.357 e. The molecule has 0 radical (unpaired) electrons. The number of anilines is 1. The summed E-state index contributed by atoms with van der Waals surface area (Å²) in [6.07, 6.45) is 0. The lowest BCUT2D eigenvalue weighted by molar-refractivity contribution is -0.118. The molecule has 2 aromatic rings. The van der Waals surface area contributed by atoms with E-state index in [1.165, 1.54) is 0 Å². The van der Waals surface area contributed by atoms with E-state index in [4.69, 9.17) is 0 Å². The Morgan fingerprint density at radius 2 is 1.65 bits per heavy atom. The van der Waals surface area contributed by atoms with Gasteiger partial charge in [0.15, 0.2) is 5.78 Å². The van der Waals surface area contributed by atoms with Crippen LogP contribution < -0.4 is 10.6 Å². The van der Waals surface area contributed by atoms with Gasteiger partial charge in [0.1, 0.15) is 5.41 Å². The molecule has 1 unspecified atom stereocenters. The third-order valence-corrected chi connectivity index (χ3v) is 5.39. The number of nitriles is 1. The van der Waals surface area contributed by atoms with E-state index < -0.39 is 5.41 Å². The molecule has 1 atom stereocenters. The molecule has 2 N–H and O–H groups in total. The smallest absolute Gasteiger partial charge is 0.245 e. The fraction of sp³-hybridized carbons (Fsp3) is 0.0952. The van der Waals surface area contributed by atoms with Crippen molar-refractivity contribution in [2.24, 2.45) is 0 Å². The molecule has 0 bridgehead atoms. The number of para-hydroxylation sites is 1. The molecule has 0 saturated carbocycles. The Balaban J connectivity index is 1.92. The first-order valence-corrected chi connectivity index (χ1v) is 8.29. The van der Waals surface area contributed by atoms with Crippen LogP contribution >= 0.6 is 0 Å². The molecule has 1 spiro atoms. The van der Waals surface area contributed by atoms with Gasteiger partial charge in [-0.2, -0.15) is 5.26 Å². The van der Waals surface area contributed by atoms with Crippen molar-refractivity contribution in [3.05, 3.63) is 82.1 Å². The van der Waals surface area contributed by atoms with Gasteiger partial charge in [0, 0.05) is 33.6 Å². The summed E-state index contributed by atoms with van der Waals surface area (Å²) < 4.78 is 0. The molecule has 3 aliphatic rings. The molecule has 1 amide bonds. The summed E-state index contributed by atoms with van der Waals surface area (Å²) in [6.45, 7) is 1.77. The third-order valence-electron chi connectivity index (χ3n) is 5.39. The summed E-state index contributed by atoms with van der Waals surface area (Å²) in [4.78, 5) is 26.6. The highest BCUT2D eigenvalue weighted by Gasteiger charge is 2.59. The lowest BCUT2D eigenvalue weighted by Crippen LogP contribution is -2.45. The zero-order valence-electron chi connectivity index (χ0n) is 13.9. The normalized spacial score (nSPS) is 22.6. The number of rotatable bonds is 0. The van der Waals surface area contributed by atoms with Crippen LogP contribution in [0.3, 0.4) is 0 Å². The van der Waals surface area contributed by atoms with E-state index in [-0.39, 0.29) is 17.3 Å². The molecular formula is C21H13N3O2. The van der Waals surface area contributed by atoms with E-state index >= 15 is 0 Å². The van der Waals surface area contributed by atoms with Crippen LogP contribution in [0.15, 0.2) is 65.4 Å². The maximum absolute atomic E-state index is 13.3. The number of carbonyl (C=O) groups excluding carboxylic acids is 2. The first kappa shape index (κ1) is 14.7. The Kier molecular flexibility index (Phi) is 2.66. The zero-order chi connectivity index (χ0) is 18.1. The number of nitrogens with one attached hydrogen (secondary N) is 2. The van der Waals surface area contributed by atoms with Crippen LogP contribution in [0, 0.1) is 11.3 Å². The SMILES string of the molecule is CC1=C(C#N)C2(C(=O)Nc3ccccc32)C2=C(N1)c1ccccc1C2=O. The van der Waals surface area contributed by atoms with Gasteiger partial charge < -0.3 is 10.6 Å². The molecular weight excluding hydrogens is 326 g/mol. The van der Waals surface area contributed by atoms with Crippen LogP contribution in [0.1, 0.15) is 28.4 Å². The quantitative estimate of drug-likeness (QED) is 0.773. The van der Waals surface area contributed by atoms with Gasteiger partial charge in [0.2, 0.25) is 5.91 Å². The minimum Gasteiger partial charge on any atom is -0.357 e. The molecule has 5 heteroatoms. The van der Waals surface area contributed by atoms with Crippen LogP contribution in [0.4, 0.5) is 5.69 Å². The lowest BCUT2D eigenvalue weighted by Gasteiger charge is -2.34. The van der Waals surface area contributed by atoms with Crippen molar-refractivity contribution >= 4 is 23.1 Å². The molecule has 2 aliphatic heterocycles. The topological polar surface area (TPSA) is 82.0 Å². The van der Waals surface area contributed by atoms with Crippen molar-refractivity contribution in [2.45, 2.75) is 12.3 Å². The fourth-order valence-corrected chi connectivity index (χ4v) is 4.35. The minimum absolute atomic E-state index is 0.213. The number of hydrogen-bond donors (Lipinski definition) is 2. The summed E-state index contributed by atoms with van der Waals surface area (Å²) in [5.74, 6) is -0.569. The van der Waals surface area contributed by atoms with Crippen molar-refractivity contribution in [3.8, 4) is 6.07 Å². The number of fused-ring (bicyclic) bond motifs is 5. The van der Waals surface area contributed by atoms with Gasteiger partial charge in [0.25, 0.3) is 0 Å². The van der Waals surface area contributed by atoms with E-state index in [0.29, 0.717) is 33.8 Å². The molecule has 0 saturated heterocycles. The predicted octanol–water partition coefficient (Wildman–Crippen LogP) is 2.88. The number of carbonyl (C=O) groups is 2. The summed E-state index contributed by atoms with van der Waals surface area (Å²) in [5.41, 5.74) is 2.99. The van der Waals surface area contributed by atoms with Crippen LogP contribution in [0.5, 0.6) is 0 Å². The van der Waals surface area contributed by atoms with Gasteiger partial charge in [0.05, 0.1) is 17.3 Å². The number of hydrogen-bond acceptors (Lipinski definition) is 4. The van der Waals surface area contributed by atoms with Crippen molar-refractivity contribution < 1.29 is 9.59 Å². The number of ketones is 1. The molecule has 124 valence electrons. The van der Waals surface area contributed by atoms with Crippen molar-refractivity contribution in [1.29, 1.82) is 5.26 Å². The summed E-state index contributed by atoms with van der Waals surface area (Å²) in [5, 5.41) is 16.0. The maximum atomic E-state index is 13.3. The van der Waals surface area contributed by atoms with E-state index in [1.807, 2.05) is 30.3 Å². The van der Waals surface area contributed by atoms with Crippen molar-refractivity contribution in [2.75, 3.05) is 5.32 Å². The van der Waals surface area contributed by atoms with Gasteiger partial charge in [-0.1, -0.05) is 42.5 Å². The van der Waals surface area contributed by atoms with E-state index in [9.17, 15) is 14.9 Å². The molecule has 2 aromatic carbocycles. The Morgan fingerprint density at radius 3 is 2.42 bits per heavy atom.